The molecular formula is H2Fe4O6. The molecule has 0 fully saturated rings. The van der Waals surface area contributed by atoms with Gasteiger partial charge < -0.3 is 32.9 Å². The van der Waals surface area contributed by atoms with Crippen LogP contribution >= 0.6 is 0 Å². The van der Waals surface area contributed by atoms with Gasteiger partial charge in [-0.25, -0.2) is 0 Å². The van der Waals surface area contributed by atoms with E-state index in [-0.39, 0.29) is 101 Å². The first kappa shape index (κ1) is 412. The van der Waals surface area contributed by atoms with Crippen molar-refractivity contribution in [2.24, 2.45) is 0 Å². The van der Waals surface area contributed by atoms with Crippen molar-refractivity contribution in [3.05, 3.63) is 0 Å². The quantitative estimate of drug-likeness (QED) is 0.476. The summed E-state index contributed by atoms with van der Waals surface area (Å²) in [7, 11) is 0. The van der Waals surface area contributed by atoms with Gasteiger partial charge in [0.15, 0.2) is 0 Å². The van der Waals surface area contributed by atoms with Gasteiger partial charge in [-0.15, -0.1) is 0 Å². The molecule has 0 aliphatic heterocycles. The van der Waals surface area contributed by atoms with Gasteiger partial charge in [-0.3, -0.25) is 0 Å². The summed E-state index contributed by atoms with van der Waals surface area (Å²) in [5.41, 5.74) is 0. The van der Waals surface area contributed by atoms with Gasteiger partial charge in [-0.2, -0.15) is 0 Å². The molecule has 0 aromatic heterocycles. The van der Waals surface area contributed by atoms with Crippen LogP contribution in [-0.2, 0) is 95.7 Å². The number of hydrogen-bond acceptors (Lipinski definition) is 0. The zero-order valence-corrected chi connectivity index (χ0v) is 8.37. The van der Waals surface area contributed by atoms with Crippen molar-refractivity contribution in [1.29, 1.82) is 0 Å². The third kappa shape index (κ3) is 227. The molecule has 0 heterocycles. The summed E-state index contributed by atoms with van der Waals surface area (Å²) < 4.78 is 0. The van der Waals surface area contributed by atoms with Gasteiger partial charge in [0.05, 0.1) is 0 Å². The van der Waals surface area contributed by atoms with Gasteiger partial charge >= 0.3 is 68.3 Å². The van der Waals surface area contributed by atoms with Crippen molar-refractivity contribution in [3.8, 4) is 0 Å². The Labute approximate surface area is 101 Å². The van der Waals surface area contributed by atoms with E-state index in [0.29, 0.717) is 0 Å². The van der Waals surface area contributed by atoms with Crippen LogP contribution in [0.4, 0.5) is 0 Å². The van der Waals surface area contributed by atoms with Crippen molar-refractivity contribution >= 4 is 0 Å². The fourth-order valence-corrected chi connectivity index (χ4v) is 0. The standard InChI is InChI=1S/4Fe.H2O.5O/h;;;;1H2;;;;;/q2*+2;2*+3;;5*-2. The molecule has 0 amide bonds. The molecule has 0 spiro atoms. The van der Waals surface area contributed by atoms with Gasteiger partial charge in [-0.1, -0.05) is 0 Å². The molecule has 70 valence electrons. The fourth-order valence-electron chi connectivity index (χ4n) is 0. The Balaban J connectivity index is 0. The second-order valence-corrected chi connectivity index (χ2v) is 0. The van der Waals surface area contributed by atoms with Crippen LogP contribution in [-0.4, -0.2) is 5.48 Å². The maximum absolute atomic E-state index is 0. The summed E-state index contributed by atoms with van der Waals surface area (Å²) in [6, 6.07) is 0. The zero-order valence-electron chi connectivity index (χ0n) is 3.96. The normalized spacial score (nSPS) is 0. The first-order chi connectivity index (χ1) is 0. The molecule has 0 saturated carbocycles. The predicted octanol–water partition coefficient (Wildman–Crippen LogP) is -1.43. The van der Waals surface area contributed by atoms with E-state index in [1.54, 1.807) is 0 Å². The minimum atomic E-state index is 0. The van der Waals surface area contributed by atoms with Gasteiger partial charge in [0.25, 0.3) is 0 Å². The molecule has 0 saturated heterocycles. The van der Waals surface area contributed by atoms with Crippen molar-refractivity contribution in [2.75, 3.05) is 0 Å². The molecule has 10 heavy (non-hydrogen) atoms. The van der Waals surface area contributed by atoms with Crippen molar-refractivity contribution < 1.29 is 101 Å². The summed E-state index contributed by atoms with van der Waals surface area (Å²) in [5.74, 6) is 0. The Hall–Kier alpha value is 1.84. The van der Waals surface area contributed by atoms with E-state index in [1.165, 1.54) is 0 Å². The molecule has 10 heteroatoms. The van der Waals surface area contributed by atoms with Crippen LogP contribution in [0.5, 0.6) is 0 Å². The van der Waals surface area contributed by atoms with Crippen LogP contribution < -0.4 is 0 Å². The second-order valence-electron chi connectivity index (χ2n) is 0. The average molecular weight is 321 g/mol. The summed E-state index contributed by atoms with van der Waals surface area (Å²) in [5, 5.41) is 0. The zero-order chi connectivity index (χ0) is 0. The molecule has 0 unspecified atom stereocenters. The van der Waals surface area contributed by atoms with Crippen LogP contribution in [0, 0.1) is 0 Å². The van der Waals surface area contributed by atoms with Gasteiger partial charge in [0.1, 0.15) is 0 Å². The largest absolute Gasteiger partial charge is 3.00 e. The third-order valence-electron chi connectivity index (χ3n) is 0. The Bertz CT molecular complexity index is 9.71. The average Bonchev–Trinajstić information content (AvgIpc) is 0. The maximum Gasteiger partial charge on any atom is 3.00 e. The van der Waals surface area contributed by atoms with Gasteiger partial charge in [-0.05, 0) is 0 Å². The maximum atomic E-state index is 0. The molecule has 6 nitrogen and oxygen atoms in total. The monoisotopic (exact) mass is 322 g/mol. The first-order valence-corrected chi connectivity index (χ1v) is 0. The van der Waals surface area contributed by atoms with E-state index in [9.17, 15) is 0 Å². The molecule has 2 N–H and O–H groups in total. The minimum Gasteiger partial charge on any atom is -2.00 e. The van der Waals surface area contributed by atoms with E-state index in [2.05, 4.69) is 0 Å². The van der Waals surface area contributed by atoms with E-state index in [4.69, 9.17) is 0 Å². The minimum absolute atomic E-state index is 0. The van der Waals surface area contributed by atoms with E-state index >= 15 is 0 Å². The Kier molecular flexibility index (Phi) is 12800. The molecule has 0 aromatic rings. The van der Waals surface area contributed by atoms with Crippen molar-refractivity contribution in [1.82, 2.24) is 0 Å². The summed E-state index contributed by atoms with van der Waals surface area (Å²) in [6.45, 7) is 0. The van der Waals surface area contributed by atoms with Crippen LogP contribution in [0.3, 0.4) is 0 Å². The molecule has 0 atom stereocenters. The van der Waals surface area contributed by atoms with Crippen LogP contribution in [0.15, 0.2) is 0 Å². The molecule has 0 aliphatic rings. The van der Waals surface area contributed by atoms with Gasteiger partial charge in [0, 0.05) is 0 Å². The van der Waals surface area contributed by atoms with Crippen molar-refractivity contribution in [2.45, 2.75) is 0 Å². The fraction of sp³-hybridized carbons (Fsp3) is 0. The Morgan fingerprint density at radius 2 is 0.400 bits per heavy atom. The summed E-state index contributed by atoms with van der Waals surface area (Å²) in [6.07, 6.45) is 0. The smallest absolute Gasteiger partial charge is 2.00 e. The molecule has 0 rings (SSSR count). The van der Waals surface area contributed by atoms with E-state index in [1.807, 2.05) is 0 Å². The van der Waals surface area contributed by atoms with Crippen LogP contribution in [0.1, 0.15) is 0 Å². The van der Waals surface area contributed by atoms with E-state index < -0.39 is 0 Å². The van der Waals surface area contributed by atoms with Gasteiger partial charge in [0.2, 0.25) is 0 Å². The van der Waals surface area contributed by atoms with Crippen molar-refractivity contribution in [3.63, 3.8) is 0 Å². The topological polar surface area (TPSA) is 174 Å². The van der Waals surface area contributed by atoms with Crippen LogP contribution in [0.2, 0.25) is 0 Å². The molecular weight excluding hydrogens is 319 g/mol. The summed E-state index contributed by atoms with van der Waals surface area (Å²) >= 11 is 0. The summed E-state index contributed by atoms with van der Waals surface area (Å²) in [4.78, 5) is 0. The second kappa shape index (κ2) is 311. The number of hydrogen-bond donors (Lipinski definition) is 0. The third-order valence-corrected chi connectivity index (χ3v) is 0. The first-order valence-electron chi connectivity index (χ1n) is 0. The Morgan fingerprint density at radius 3 is 0.400 bits per heavy atom. The molecule has 0 bridgehead atoms. The molecule has 2 radical (unpaired) electrons. The molecule has 0 aliphatic carbocycles. The predicted molar refractivity (Wildman–Crippen MR) is 7.05 cm³/mol. The van der Waals surface area contributed by atoms with E-state index in [0.717, 1.165) is 0 Å². The van der Waals surface area contributed by atoms with Crippen LogP contribution in [0.25, 0.3) is 0 Å². The number of rotatable bonds is 0. The SMILES string of the molecule is O.[Fe+2].[Fe+2].[Fe+3].[Fe+3].[O-2].[O-2].[O-2].[O-2].[O-2]. The molecule has 0 aromatic carbocycles. The Morgan fingerprint density at radius 1 is 0.400 bits per heavy atom.